The second kappa shape index (κ2) is 6.76. The predicted molar refractivity (Wildman–Crippen MR) is 89.5 cm³/mol. The summed E-state index contributed by atoms with van der Waals surface area (Å²) in [6, 6.07) is -0.00143. The Hall–Kier alpha value is -2.15. The Morgan fingerprint density at radius 3 is 2.83 bits per heavy atom. The van der Waals surface area contributed by atoms with Gasteiger partial charge in [-0.2, -0.15) is 10.2 Å². The molecule has 0 unspecified atom stereocenters. The number of rotatable bonds is 5. The molecule has 2 aromatic rings. The van der Waals surface area contributed by atoms with Gasteiger partial charge in [0.15, 0.2) is 0 Å². The second-order valence-corrected chi connectivity index (χ2v) is 6.49. The molecule has 1 amide bonds. The fourth-order valence-corrected chi connectivity index (χ4v) is 3.31. The van der Waals surface area contributed by atoms with Crippen molar-refractivity contribution >= 4 is 5.91 Å². The minimum absolute atomic E-state index is 0.00143. The van der Waals surface area contributed by atoms with Crippen LogP contribution >= 0.6 is 0 Å². The fraction of sp³-hybridized carbons (Fsp3) is 0.588. The maximum absolute atomic E-state index is 12.3. The van der Waals surface area contributed by atoms with Crippen LogP contribution in [0.5, 0.6) is 0 Å². The zero-order valence-corrected chi connectivity index (χ0v) is 14.7. The lowest BCUT2D eigenvalue weighted by molar-refractivity contribution is -0.122. The van der Waals surface area contributed by atoms with Crippen LogP contribution in [0.2, 0.25) is 0 Å². The maximum Gasteiger partial charge on any atom is 0.222 e. The van der Waals surface area contributed by atoms with Gasteiger partial charge in [-0.05, 0) is 32.8 Å². The zero-order chi connectivity index (χ0) is 17.3. The molecule has 2 aromatic heterocycles. The van der Waals surface area contributed by atoms with Gasteiger partial charge in [0.25, 0.3) is 0 Å². The van der Waals surface area contributed by atoms with Gasteiger partial charge in [0.2, 0.25) is 5.91 Å². The third-order valence-electron chi connectivity index (χ3n) is 4.62. The molecule has 0 bridgehead atoms. The van der Waals surface area contributed by atoms with E-state index in [2.05, 4.69) is 15.5 Å². The number of carbonyl (C=O) groups is 1. The molecule has 0 aliphatic carbocycles. The number of amides is 1. The highest BCUT2D eigenvalue weighted by Gasteiger charge is 2.34. The molecule has 24 heavy (non-hydrogen) atoms. The van der Waals surface area contributed by atoms with Gasteiger partial charge in [-0.25, -0.2) is 0 Å². The molecule has 0 aromatic carbocycles. The minimum Gasteiger partial charge on any atom is -0.371 e. The first-order chi connectivity index (χ1) is 11.5. The molecule has 1 saturated heterocycles. The molecule has 1 N–H and O–H groups in total. The molecule has 7 heteroatoms. The van der Waals surface area contributed by atoms with Crippen LogP contribution in [0.3, 0.4) is 0 Å². The Morgan fingerprint density at radius 1 is 1.42 bits per heavy atom. The monoisotopic (exact) mass is 331 g/mol. The van der Waals surface area contributed by atoms with Gasteiger partial charge in [0, 0.05) is 44.1 Å². The highest BCUT2D eigenvalue weighted by molar-refractivity contribution is 5.76. The van der Waals surface area contributed by atoms with Crippen LogP contribution < -0.4 is 5.32 Å². The highest BCUT2D eigenvalue weighted by Crippen LogP contribution is 2.33. The van der Waals surface area contributed by atoms with Crippen molar-refractivity contribution < 1.29 is 9.53 Å². The van der Waals surface area contributed by atoms with Gasteiger partial charge < -0.3 is 10.1 Å². The average Bonchev–Trinajstić information content (AvgIpc) is 3.20. The van der Waals surface area contributed by atoms with Crippen molar-refractivity contribution in [1.82, 2.24) is 24.9 Å². The van der Waals surface area contributed by atoms with Crippen molar-refractivity contribution in [3.05, 3.63) is 34.9 Å². The molecule has 3 rings (SSSR count). The van der Waals surface area contributed by atoms with Crippen LogP contribution in [0, 0.1) is 20.8 Å². The molecular formula is C17H25N5O2. The first kappa shape index (κ1) is 16.7. The number of nitrogens with one attached hydrogen (secondary N) is 1. The molecule has 1 aliphatic heterocycles. The first-order valence-electron chi connectivity index (χ1n) is 8.36. The van der Waals surface area contributed by atoms with E-state index in [4.69, 9.17) is 4.74 Å². The summed E-state index contributed by atoms with van der Waals surface area (Å²) in [5.74, 6) is 0.0304. The van der Waals surface area contributed by atoms with E-state index in [0.29, 0.717) is 19.6 Å². The SMILES string of the molecule is Cc1cnn(CCC(=O)N[C@H]2CCO[C@@H]2c2c(C)nn(C)c2C)c1. The Kier molecular flexibility index (Phi) is 4.71. The Balaban J connectivity index is 1.62. The van der Waals surface area contributed by atoms with E-state index in [-0.39, 0.29) is 18.1 Å². The summed E-state index contributed by atoms with van der Waals surface area (Å²) < 4.78 is 9.57. The lowest BCUT2D eigenvalue weighted by Crippen LogP contribution is -2.37. The summed E-state index contributed by atoms with van der Waals surface area (Å²) in [6.07, 6.45) is 4.86. The van der Waals surface area contributed by atoms with Gasteiger partial charge >= 0.3 is 0 Å². The molecule has 1 aliphatic rings. The summed E-state index contributed by atoms with van der Waals surface area (Å²) >= 11 is 0. The maximum atomic E-state index is 12.3. The van der Waals surface area contributed by atoms with Crippen molar-refractivity contribution in [2.75, 3.05) is 6.61 Å². The van der Waals surface area contributed by atoms with E-state index in [1.807, 2.05) is 38.7 Å². The van der Waals surface area contributed by atoms with Crippen molar-refractivity contribution in [1.29, 1.82) is 0 Å². The van der Waals surface area contributed by atoms with E-state index in [9.17, 15) is 4.79 Å². The quantitative estimate of drug-likeness (QED) is 0.903. The second-order valence-electron chi connectivity index (χ2n) is 6.49. The van der Waals surface area contributed by atoms with Gasteiger partial charge in [0.1, 0.15) is 6.10 Å². The molecule has 2 atom stereocenters. The summed E-state index contributed by atoms with van der Waals surface area (Å²) in [4.78, 5) is 12.3. The normalized spacial score (nSPS) is 20.5. The zero-order valence-electron chi connectivity index (χ0n) is 14.7. The molecule has 0 saturated carbocycles. The van der Waals surface area contributed by atoms with Gasteiger partial charge in [-0.15, -0.1) is 0 Å². The summed E-state index contributed by atoms with van der Waals surface area (Å²) in [5, 5.41) is 11.8. The first-order valence-corrected chi connectivity index (χ1v) is 8.36. The number of hydrogen-bond acceptors (Lipinski definition) is 4. The molecule has 0 radical (unpaired) electrons. The van der Waals surface area contributed by atoms with Crippen LogP contribution in [-0.4, -0.2) is 38.1 Å². The third kappa shape index (κ3) is 3.36. The number of aromatic nitrogens is 4. The van der Waals surface area contributed by atoms with E-state index in [1.165, 1.54) is 0 Å². The lowest BCUT2D eigenvalue weighted by atomic mass is 10.00. The van der Waals surface area contributed by atoms with E-state index < -0.39 is 0 Å². The highest BCUT2D eigenvalue weighted by atomic mass is 16.5. The van der Waals surface area contributed by atoms with E-state index in [0.717, 1.165) is 28.9 Å². The van der Waals surface area contributed by atoms with Crippen LogP contribution in [0.4, 0.5) is 0 Å². The fourth-order valence-electron chi connectivity index (χ4n) is 3.31. The standard InChI is InChI=1S/C17H25N5O2/c1-11-9-18-22(10-11)7-5-15(23)19-14-6-8-24-17(14)16-12(2)20-21(4)13(16)3/h9-10,14,17H,5-8H2,1-4H3,(H,19,23)/t14-,17-/m0/s1. The Bertz CT molecular complexity index is 733. The Labute approximate surface area is 142 Å². The molecule has 130 valence electrons. The van der Waals surface area contributed by atoms with Crippen LogP contribution in [0.1, 0.15) is 41.5 Å². The van der Waals surface area contributed by atoms with E-state index in [1.54, 1.807) is 10.9 Å². The molecule has 3 heterocycles. The largest absolute Gasteiger partial charge is 0.371 e. The summed E-state index contributed by atoms with van der Waals surface area (Å²) in [6.45, 7) is 7.26. The summed E-state index contributed by atoms with van der Waals surface area (Å²) in [7, 11) is 1.93. The van der Waals surface area contributed by atoms with Crippen molar-refractivity contribution in [2.45, 2.75) is 52.3 Å². The lowest BCUT2D eigenvalue weighted by Gasteiger charge is -2.20. The van der Waals surface area contributed by atoms with Crippen molar-refractivity contribution in [3.8, 4) is 0 Å². The number of nitrogens with zero attached hydrogens (tertiary/aromatic N) is 4. The smallest absolute Gasteiger partial charge is 0.222 e. The number of ether oxygens (including phenoxy) is 1. The van der Waals surface area contributed by atoms with Crippen LogP contribution in [0.25, 0.3) is 0 Å². The summed E-state index contributed by atoms with van der Waals surface area (Å²) in [5.41, 5.74) is 4.25. The van der Waals surface area contributed by atoms with Crippen molar-refractivity contribution in [2.24, 2.45) is 7.05 Å². The molecule has 0 spiro atoms. The minimum atomic E-state index is -0.116. The Morgan fingerprint density at radius 2 is 2.21 bits per heavy atom. The van der Waals surface area contributed by atoms with E-state index >= 15 is 0 Å². The number of aryl methyl sites for hydroxylation is 4. The van der Waals surface area contributed by atoms with Crippen LogP contribution in [-0.2, 0) is 23.1 Å². The third-order valence-corrected chi connectivity index (χ3v) is 4.62. The van der Waals surface area contributed by atoms with Gasteiger partial charge in [-0.1, -0.05) is 0 Å². The molecule has 1 fully saturated rings. The average molecular weight is 331 g/mol. The van der Waals surface area contributed by atoms with Gasteiger partial charge in [0.05, 0.1) is 17.9 Å². The molecular weight excluding hydrogens is 306 g/mol. The predicted octanol–water partition coefficient (Wildman–Crippen LogP) is 1.58. The topological polar surface area (TPSA) is 74.0 Å². The van der Waals surface area contributed by atoms with Gasteiger partial charge in [-0.3, -0.25) is 14.2 Å². The number of carbonyl (C=O) groups excluding carboxylic acids is 1. The van der Waals surface area contributed by atoms with Crippen LogP contribution in [0.15, 0.2) is 12.4 Å². The van der Waals surface area contributed by atoms with Crippen molar-refractivity contribution in [3.63, 3.8) is 0 Å². The number of hydrogen-bond donors (Lipinski definition) is 1. The molecule has 7 nitrogen and oxygen atoms in total.